The zero-order chi connectivity index (χ0) is 22.6. The van der Waals surface area contributed by atoms with Gasteiger partial charge in [-0.2, -0.15) is 4.31 Å². The lowest BCUT2D eigenvalue weighted by Crippen LogP contribution is -2.27. The Hall–Kier alpha value is -2.94. The fourth-order valence-corrected chi connectivity index (χ4v) is 4.42. The summed E-state index contributed by atoms with van der Waals surface area (Å²) in [6.07, 6.45) is 0. The first-order valence-corrected chi connectivity index (χ1v) is 11.0. The largest absolute Gasteiger partial charge is 0.495 e. The number of ether oxygens (including phenoxy) is 1. The number of halogens is 2. The molecule has 1 N–H and O–H groups in total. The summed E-state index contributed by atoms with van der Waals surface area (Å²) in [6, 6.07) is 17.3. The Kier molecular flexibility index (Phi) is 6.94. The molecule has 162 valence electrons. The van der Waals surface area contributed by atoms with Gasteiger partial charge in [0.1, 0.15) is 10.6 Å². The van der Waals surface area contributed by atoms with Crippen molar-refractivity contribution < 1.29 is 22.3 Å². The zero-order valence-corrected chi connectivity index (χ0v) is 18.4. The topological polar surface area (TPSA) is 75.7 Å². The second-order valence-electron chi connectivity index (χ2n) is 6.67. The summed E-state index contributed by atoms with van der Waals surface area (Å²) in [5, 5.41) is 2.26. The van der Waals surface area contributed by atoms with E-state index in [9.17, 15) is 17.6 Å². The summed E-state index contributed by atoms with van der Waals surface area (Å²) in [4.78, 5) is 12.5. The Labute approximate surface area is 185 Å². The number of carbonyl (C=O) groups excluding carboxylic acids is 1. The predicted octanol–water partition coefficient (Wildman–Crippen LogP) is 4.56. The van der Waals surface area contributed by atoms with E-state index >= 15 is 0 Å². The third kappa shape index (κ3) is 5.04. The number of hydrogen-bond donors (Lipinski definition) is 1. The van der Waals surface area contributed by atoms with Gasteiger partial charge in [-0.25, -0.2) is 12.8 Å². The average Bonchev–Trinajstić information content (AvgIpc) is 2.77. The average molecular weight is 463 g/mol. The number of anilines is 1. The van der Waals surface area contributed by atoms with Crippen molar-refractivity contribution in [2.75, 3.05) is 19.5 Å². The van der Waals surface area contributed by atoms with Crippen molar-refractivity contribution in [2.45, 2.75) is 11.4 Å². The highest BCUT2D eigenvalue weighted by molar-refractivity contribution is 7.89. The van der Waals surface area contributed by atoms with Gasteiger partial charge in [0.2, 0.25) is 10.0 Å². The van der Waals surface area contributed by atoms with Gasteiger partial charge in [-0.15, -0.1) is 0 Å². The van der Waals surface area contributed by atoms with Crippen molar-refractivity contribution in [2.24, 2.45) is 0 Å². The van der Waals surface area contributed by atoms with Crippen LogP contribution in [-0.4, -0.2) is 32.8 Å². The molecule has 0 aliphatic carbocycles. The van der Waals surface area contributed by atoms with Crippen LogP contribution >= 0.6 is 11.6 Å². The van der Waals surface area contributed by atoms with Crippen LogP contribution in [0.1, 0.15) is 15.9 Å². The van der Waals surface area contributed by atoms with E-state index < -0.39 is 21.7 Å². The molecule has 0 unspecified atom stereocenters. The third-order valence-electron chi connectivity index (χ3n) is 4.56. The molecule has 0 atom stereocenters. The van der Waals surface area contributed by atoms with Crippen molar-refractivity contribution in [1.29, 1.82) is 0 Å². The van der Waals surface area contributed by atoms with Crippen LogP contribution < -0.4 is 10.1 Å². The van der Waals surface area contributed by atoms with Crippen LogP contribution in [-0.2, 0) is 16.6 Å². The molecule has 31 heavy (non-hydrogen) atoms. The van der Waals surface area contributed by atoms with Crippen LogP contribution in [0.25, 0.3) is 0 Å². The molecule has 3 rings (SSSR count). The van der Waals surface area contributed by atoms with Crippen LogP contribution in [0.4, 0.5) is 10.1 Å². The van der Waals surface area contributed by atoms with E-state index in [1.54, 1.807) is 0 Å². The lowest BCUT2D eigenvalue weighted by Gasteiger charge is -2.19. The molecule has 0 aliphatic rings. The number of benzene rings is 3. The lowest BCUT2D eigenvalue weighted by molar-refractivity contribution is 0.102. The first kappa shape index (κ1) is 22.7. The van der Waals surface area contributed by atoms with Gasteiger partial charge in [0.05, 0.1) is 17.8 Å². The highest BCUT2D eigenvalue weighted by Crippen LogP contribution is 2.29. The second-order valence-corrected chi connectivity index (χ2v) is 9.09. The van der Waals surface area contributed by atoms with E-state index in [1.165, 1.54) is 54.9 Å². The van der Waals surface area contributed by atoms with Crippen LogP contribution in [0, 0.1) is 5.82 Å². The fraction of sp³-hybridized carbons (Fsp3) is 0.136. The maximum absolute atomic E-state index is 14.1. The number of nitrogens with zero attached hydrogens (tertiary/aromatic N) is 1. The normalized spacial score (nSPS) is 11.4. The van der Waals surface area contributed by atoms with Crippen molar-refractivity contribution in [3.05, 3.63) is 88.7 Å². The molecule has 3 aromatic carbocycles. The first-order chi connectivity index (χ1) is 14.7. The molecule has 0 saturated heterocycles. The summed E-state index contributed by atoms with van der Waals surface area (Å²) in [7, 11) is -1.21. The maximum Gasteiger partial charge on any atom is 0.255 e. The van der Waals surface area contributed by atoms with E-state index in [2.05, 4.69) is 5.32 Å². The monoisotopic (exact) mass is 462 g/mol. The minimum absolute atomic E-state index is 0.0202. The Morgan fingerprint density at radius 2 is 1.81 bits per heavy atom. The summed E-state index contributed by atoms with van der Waals surface area (Å²) in [5.74, 6) is -1.38. The van der Waals surface area contributed by atoms with Crippen LogP contribution in [0.15, 0.2) is 71.6 Å². The first-order valence-electron chi connectivity index (χ1n) is 9.17. The number of carbonyl (C=O) groups is 1. The quantitative estimate of drug-likeness (QED) is 0.558. The summed E-state index contributed by atoms with van der Waals surface area (Å²) in [6.45, 7) is 0.135. The standard InChI is InChI=1S/C22H20ClFN2O4S/c1-26(14-15-7-4-3-5-8-15)31(28,29)20-13-16(11-12-19(20)30-2)22(27)25-18-10-6-9-17(23)21(18)24/h3-13H,14H2,1-2H3,(H,25,27). The molecule has 3 aromatic rings. The molecule has 6 nitrogen and oxygen atoms in total. The van der Waals surface area contributed by atoms with Gasteiger partial charge in [0.25, 0.3) is 5.91 Å². The van der Waals surface area contributed by atoms with Crippen LogP contribution in [0.2, 0.25) is 5.02 Å². The highest BCUT2D eigenvalue weighted by atomic mass is 35.5. The van der Waals surface area contributed by atoms with Crippen molar-refractivity contribution in [3.63, 3.8) is 0 Å². The van der Waals surface area contributed by atoms with Gasteiger partial charge in [-0.3, -0.25) is 4.79 Å². The molecule has 0 radical (unpaired) electrons. The fourth-order valence-electron chi connectivity index (χ4n) is 2.91. The molecule has 9 heteroatoms. The van der Waals surface area contributed by atoms with Crippen molar-refractivity contribution in [1.82, 2.24) is 4.31 Å². The van der Waals surface area contributed by atoms with E-state index in [-0.39, 0.29) is 33.5 Å². The van der Waals surface area contributed by atoms with E-state index in [4.69, 9.17) is 16.3 Å². The number of sulfonamides is 1. The van der Waals surface area contributed by atoms with Gasteiger partial charge in [-0.05, 0) is 35.9 Å². The predicted molar refractivity (Wildman–Crippen MR) is 117 cm³/mol. The Morgan fingerprint density at radius 3 is 2.48 bits per heavy atom. The molecule has 1 amide bonds. The Morgan fingerprint density at radius 1 is 1.10 bits per heavy atom. The zero-order valence-electron chi connectivity index (χ0n) is 16.8. The molecule has 0 spiro atoms. The van der Waals surface area contributed by atoms with E-state index in [1.807, 2.05) is 30.3 Å². The summed E-state index contributed by atoms with van der Waals surface area (Å²) < 4.78 is 46.8. The number of nitrogens with one attached hydrogen (secondary N) is 1. The number of methoxy groups -OCH3 is 1. The van der Waals surface area contributed by atoms with Gasteiger partial charge in [-0.1, -0.05) is 48.0 Å². The number of amides is 1. The van der Waals surface area contributed by atoms with E-state index in [0.717, 1.165) is 5.56 Å². The molecule has 0 bridgehead atoms. The minimum Gasteiger partial charge on any atom is -0.495 e. The highest BCUT2D eigenvalue weighted by Gasteiger charge is 2.26. The van der Waals surface area contributed by atoms with Gasteiger partial charge in [0.15, 0.2) is 5.82 Å². The number of hydrogen-bond acceptors (Lipinski definition) is 4. The minimum atomic E-state index is -3.99. The maximum atomic E-state index is 14.1. The molecule has 0 heterocycles. The van der Waals surface area contributed by atoms with Gasteiger partial charge < -0.3 is 10.1 Å². The molecule has 0 aromatic heterocycles. The number of rotatable bonds is 7. The summed E-state index contributed by atoms with van der Waals surface area (Å²) in [5.41, 5.74) is 0.712. The summed E-state index contributed by atoms with van der Waals surface area (Å²) >= 11 is 5.74. The second kappa shape index (κ2) is 9.47. The van der Waals surface area contributed by atoms with Gasteiger partial charge >= 0.3 is 0 Å². The SMILES string of the molecule is COc1ccc(C(=O)Nc2cccc(Cl)c2F)cc1S(=O)(=O)N(C)Cc1ccccc1. The van der Waals surface area contributed by atoms with Crippen molar-refractivity contribution in [3.8, 4) is 5.75 Å². The van der Waals surface area contributed by atoms with Crippen molar-refractivity contribution >= 4 is 33.2 Å². The lowest BCUT2D eigenvalue weighted by atomic mass is 10.2. The van der Waals surface area contributed by atoms with E-state index in [0.29, 0.717) is 0 Å². The smallest absolute Gasteiger partial charge is 0.255 e. The van der Waals surface area contributed by atoms with Crippen LogP contribution in [0.5, 0.6) is 5.75 Å². The van der Waals surface area contributed by atoms with Gasteiger partial charge in [0, 0.05) is 19.2 Å². The molecule has 0 fully saturated rings. The Balaban J connectivity index is 1.92. The van der Waals surface area contributed by atoms with Crippen LogP contribution in [0.3, 0.4) is 0 Å². The molecule has 0 aliphatic heterocycles. The molecular formula is C22H20ClFN2O4S. The molecule has 0 saturated carbocycles. The third-order valence-corrected chi connectivity index (χ3v) is 6.68. The molecular weight excluding hydrogens is 443 g/mol. The Bertz CT molecular complexity index is 1200.